The Kier molecular flexibility index (Phi) is 6.98. The molecule has 3 rings (SSSR count). The zero-order chi connectivity index (χ0) is 19.1. The van der Waals surface area contributed by atoms with Gasteiger partial charge in [0, 0.05) is 35.7 Å². The molecule has 0 aliphatic carbocycles. The van der Waals surface area contributed by atoms with Crippen LogP contribution in [0.2, 0.25) is 5.02 Å². The Hall–Kier alpha value is -2.21. The molecule has 27 heavy (non-hydrogen) atoms. The molecule has 0 spiro atoms. The molecule has 5 nitrogen and oxygen atoms in total. The molecule has 1 amide bonds. The van der Waals surface area contributed by atoms with Gasteiger partial charge in [0.2, 0.25) is 0 Å². The number of nitrogens with zero attached hydrogens (tertiary/aromatic N) is 1. The number of carbonyl (C=O) groups is 2. The van der Waals surface area contributed by atoms with Gasteiger partial charge >= 0.3 is 0 Å². The van der Waals surface area contributed by atoms with Gasteiger partial charge in [0.05, 0.1) is 18.9 Å². The zero-order valence-corrected chi connectivity index (χ0v) is 15.9. The maximum atomic E-state index is 12.7. The van der Waals surface area contributed by atoms with Gasteiger partial charge in [-0.05, 0) is 43.3 Å². The van der Waals surface area contributed by atoms with Crippen LogP contribution < -0.4 is 5.32 Å². The van der Waals surface area contributed by atoms with Gasteiger partial charge in [-0.1, -0.05) is 29.8 Å². The van der Waals surface area contributed by atoms with E-state index >= 15 is 0 Å². The van der Waals surface area contributed by atoms with Crippen LogP contribution in [-0.4, -0.2) is 49.4 Å². The smallest absolute Gasteiger partial charge is 0.255 e. The van der Waals surface area contributed by atoms with Crippen molar-refractivity contribution in [2.24, 2.45) is 0 Å². The summed E-state index contributed by atoms with van der Waals surface area (Å²) in [5, 5.41) is 3.32. The number of ether oxygens (including phenoxy) is 1. The first-order chi connectivity index (χ1) is 13.1. The molecule has 0 bridgehead atoms. The monoisotopic (exact) mass is 386 g/mol. The van der Waals surface area contributed by atoms with E-state index in [1.807, 2.05) is 6.07 Å². The van der Waals surface area contributed by atoms with Crippen LogP contribution in [0.4, 0.5) is 5.69 Å². The van der Waals surface area contributed by atoms with E-state index in [2.05, 4.69) is 10.2 Å². The fourth-order valence-electron chi connectivity index (χ4n) is 3.08. The van der Waals surface area contributed by atoms with Crippen LogP contribution in [0.3, 0.4) is 0 Å². The van der Waals surface area contributed by atoms with E-state index in [1.165, 1.54) is 0 Å². The average molecular weight is 387 g/mol. The summed E-state index contributed by atoms with van der Waals surface area (Å²) in [4.78, 5) is 27.4. The number of Topliss-reactive ketones (excluding diaryl/α,β-unsaturated/α-hetero) is 1. The molecule has 1 fully saturated rings. The molecular weight excluding hydrogens is 364 g/mol. The summed E-state index contributed by atoms with van der Waals surface area (Å²) >= 11 is 5.95. The summed E-state index contributed by atoms with van der Waals surface area (Å²) in [5.74, 6) is -0.253. The van der Waals surface area contributed by atoms with Gasteiger partial charge in [-0.25, -0.2) is 0 Å². The van der Waals surface area contributed by atoms with Gasteiger partial charge in [0.25, 0.3) is 5.91 Å². The Morgan fingerprint density at radius 1 is 1.07 bits per heavy atom. The van der Waals surface area contributed by atoms with Crippen LogP contribution in [0.1, 0.15) is 33.6 Å². The molecule has 1 aliphatic heterocycles. The maximum Gasteiger partial charge on any atom is 0.255 e. The van der Waals surface area contributed by atoms with Crippen molar-refractivity contribution in [2.45, 2.75) is 12.8 Å². The second-order valence-electron chi connectivity index (χ2n) is 6.49. The first-order valence-corrected chi connectivity index (χ1v) is 9.50. The number of halogens is 1. The molecule has 2 aromatic rings. The highest BCUT2D eigenvalue weighted by atomic mass is 35.5. The van der Waals surface area contributed by atoms with E-state index in [-0.39, 0.29) is 11.7 Å². The van der Waals surface area contributed by atoms with Crippen LogP contribution in [0.15, 0.2) is 48.5 Å². The van der Waals surface area contributed by atoms with Gasteiger partial charge in [0.15, 0.2) is 5.78 Å². The maximum absolute atomic E-state index is 12.7. The Bertz CT molecular complexity index is 804. The van der Waals surface area contributed by atoms with Gasteiger partial charge in [0.1, 0.15) is 0 Å². The lowest BCUT2D eigenvalue weighted by Gasteiger charge is -2.26. The Morgan fingerprint density at radius 2 is 1.85 bits per heavy atom. The molecule has 1 heterocycles. The van der Waals surface area contributed by atoms with Gasteiger partial charge in [-0.2, -0.15) is 0 Å². The second-order valence-corrected chi connectivity index (χ2v) is 6.93. The normalized spacial score (nSPS) is 14.7. The number of hydrogen-bond donors (Lipinski definition) is 1. The number of amides is 1. The molecule has 0 radical (unpaired) electrons. The lowest BCUT2D eigenvalue weighted by atomic mass is 10.0. The minimum Gasteiger partial charge on any atom is -0.379 e. The molecule has 6 heteroatoms. The third-order valence-electron chi connectivity index (χ3n) is 4.54. The molecule has 0 aromatic heterocycles. The lowest BCUT2D eigenvalue weighted by molar-refractivity contribution is 0.0371. The summed E-state index contributed by atoms with van der Waals surface area (Å²) in [5.41, 5.74) is 1.52. The molecule has 2 aromatic carbocycles. The van der Waals surface area contributed by atoms with Gasteiger partial charge in [-0.3, -0.25) is 14.5 Å². The molecule has 0 saturated carbocycles. The Morgan fingerprint density at radius 3 is 2.63 bits per heavy atom. The van der Waals surface area contributed by atoms with Crippen molar-refractivity contribution in [1.29, 1.82) is 0 Å². The zero-order valence-electron chi connectivity index (χ0n) is 15.1. The number of carbonyl (C=O) groups excluding carboxylic acids is 2. The molecular formula is C21H23ClN2O3. The van der Waals surface area contributed by atoms with Crippen molar-refractivity contribution < 1.29 is 14.3 Å². The highest BCUT2D eigenvalue weighted by Crippen LogP contribution is 2.20. The SMILES string of the molecule is O=C(Nc1ccccc1C(=O)CCCN1CCOCC1)c1cccc(Cl)c1. The molecule has 1 aliphatic rings. The Labute approximate surface area is 164 Å². The van der Waals surface area contributed by atoms with Crippen LogP contribution in [-0.2, 0) is 4.74 Å². The van der Waals surface area contributed by atoms with Gasteiger partial charge in [-0.15, -0.1) is 0 Å². The third kappa shape index (κ3) is 5.63. The number of ketones is 1. The third-order valence-corrected chi connectivity index (χ3v) is 4.78. The highest BCUT2D eigenvalue weighted by molar-refractivity contribution is 6.31. The van der Waals surface area contributed by atoms with E-state index in [4.69, 9.17) is 16.3 Å². The summed E-state index contributed by atoms with van der Waals surface area (Å²) < 4.78 is 5.34. The van der Waals surface area contributed by atoms with Crippen molar-refractivity contribution in [3.8, 4) is 0 Å². The van der Waals surface area contributed by atoms with Crippen LogP contribution in [0.5, 0.6) is 0 Å². The van der Waals surface area contributed by atoms with E-state index in [0.29, 0.717) is 28.3 Å². The topological polar surface area (TPSA) is 58.6 Å². The number of benzene rings is 2. The van der Waals surface area contributed by atoms with Crippen molar-refractivity contribution in [1.82, 2.24) is 4.90 Å². The molecule has 142 valence electrons. The molecule has 1 N–H and O–H groups in total. The molecule has 0 atom stereocenters. The summed E-state index contributed by atoms with van der Waals surface area (Å²) in [6.45, 7) is 4.23. The first-order valence-electron chi connectivity index (χ1n) is 9.13. The van der Waals surface area contributed by atoms with E-state index in [9.17, 15) is 9.59 Å². The van der Waals surface area contributed by atoms with Gasteiger partial charge < -0.3 is 10.1 Å². The van der Waals surface area contributed by atoms with Crippen molar-refractivity contribution >= 4 is 29.0 Å². The van der Waals surface area contributed by atoms with E-state index < -0.39 is 0 Å². The number of rotatable bonds is 7. The number of nitrogens with one attached hydrogen (secondary N) is 1. The average Bonchev–Trinajstić information content (AvgIpc) is 2.69. The van der Waals surface area contributed by atoms with Crippen molar-refractivity contribution in [3.05, 3.63) is 64.7 Å². The number of para-hydroxylation sites is 1. The first kappa shape index (κ1) is 19.5. The summed E-state index contributed by atoms with van der Waals surface area (Å²) in [6.07, 6.45) is 1.23. The second kappa shape index (κ2) is 9.65. The largest absolute Gasteiger partial charge is 0.379 e. The Balaban J connectivity index is 1.60. The lowest BCUT2D eigenvalue weighted by Crippen LogP contribution is -2.36. The van der Waals surface area contributed by atoms with E-state index in [1.54, 1.807) is 42.5 Å². The fourth-order valence-corrected chi connectivity index (χ4v) is 3.27. The fraction of sp³-hybridized carbons (Fsp3) is 0.333. The quantitative estimate of drug-likeness (QED) is 0.733. The predicted octanol–water partition coefficient (Wildman–Crippen LogP) is 3.89. The predicted molar refractivity (Wildman–Crippen MR) is 107 cm³/mol. The highest BCUT2D eigenvalue weighted by Gasteiger charge is 2.15. The summed E-state index contributed by atoms with van der Waals surface area (Å²) in [7, 11) is 0. The van der Waals surface area contributed by atoms with Crippen LogP contribution in [0, 0.1) is 0 Å². The number of hydrogen-bond acceptors (Lipinski definition) is 4. The van der Waals surface area contributed by atoms with Crippen molar-refractivity contribution in [2.75, 3.05) is 38.2 Å². The number of morpholine rings is 1. The van der Waals surface area contributed by atoms with E-state index in [0.717, 1.165) is 39.3 Å². The van der Waals surface area contributed by atoms with Crippen LogP contribution in [0.25, 0.3) is 0 Å². The van der Waals surface area contributed by atoms with Crippen molar-refractivity contribution in [3.63, 3.8) is 0 Å². The standard InChI is InChI=1S/C21H23ClN2O3/c22-17-6-3-5-16(15-17)21(26)23-19-8-2-1-7-18(19)20(25)9-4-10-24-11-13-27-14-12-24/h1-3,5-8,15H,4,9-14H2,(H,23,26). The summed E-state index contributed by atoms with van der Waals surface area (Å²) in [6, 6.07) is 13.8. The minimum absolute atomic E-state index is 0.0326. The molecule has 0 unspecified atom stereocenters. The molecule has 1 saturated heterocycles. The minimum atomic E-state index is -0.286. The number of anilines is 1. The van der Waals surface area contributed by atoms with Crippen LogP contribution >= 0.6 is 11.6 Å².